The van der Waals surface area contributed by atoms with Gasteiger partial charge in [0.05, 0.1) is 13.7 Å². The first kappa shape index (κ1) is 29.2. The fraction of sp³-hybridized carbons (Fsp3) is 0.233. The van der Waals surface area contributed by atoms with Crippen LogP contribution in [0.3, 0.4) is 0 Å². The normalized spacial score (nSPS) is 12.5. The van der Waals surface area contributed by atoms with Gasteiger partial charge in [0.1, 0.15) is 5.75 Å². The van der Waals surface area contributed by atoms with Gasteiger partial charge in [-0.3, -0.25) is 10.1 Å². The third kappa shape index (κ3) is 7.46. The third-order valence-corrected chi connectivity index (χ3v) is 6.59. The molecular formula is C30H33BN4O6. The number of aliphatic carboxylic acids is 1. The molecule has 4 N–H and O–H groups in total. The van der Waals surface area contributed by atoms with Crippen LogP contribution >= 0.6 is 0 Å². The van der Waals surface area contributed by atoms with Crippen LogP contribution in [0, 0.1) is 0 Å². The summed E-state index contributed by atoms with van der Waals surface area (Å²) in [5, 5.41) is 17.0. The maximum absolute atomic E-state index is 12.5. The Labute approximate surface area is 238 Å². The number of nitrogens with zero attached hydrogens (tertiary/aromatic N) is 1. The van der Waals surface area contributed by atoms with Gasteiger partial charge in [0.25, 0.3) is 5.56 Å². The number of aromatic nitrogens is 1. The second-order valence-electron chi connectivity index (χ2n) is 10.1. The lowest BCUT2D eigenvalue weighted by atomic mass is 9.96. The number of pyridine rings is 1. The van der Waals surface area contributed by atoms with E-state index in [2.05, 4.69) is 15.6 Å². The van der Waals surface area contributed by atoms with E-state index < -0.39 is 18.1 Å². The Morgan fingerprint density at radius 3 is 2.61 bits per heavy atom. The van der Waals surface area contributed by atoms with Crippen molar-refractivity contribution in [2.75, 3.05) is 31.4 Å². The van der Waals surface area contributed by atoms with Crippen molar-refractivity contribution in [3.63, 3.8) is 0 Å². The molecule has 0 radical (unpaired) electrons. The molecule has 0 aliphatic heterocycles. The third-order valence-electron chi connectivity index (χ3n) is 6.59. The molecule has 0 spiro atoms. The molecule has 0 aliphatic rings. The molecule has 212 valence electrons. The summed E-state index contributed by atoms with van der Waals surface area (Å²) in [5.74, 6) is -0.851. The minimum absolute atomic E-state index is 0.0885. The van der Waals surface area contributed by atoms with Gasteiger partial charge in [0, 0.05) is 41.0 Å². The van der Waals surface area contributed by atoms with Crippen LogP contribution in [0.1, 0.15) is 35.6 Å². The van der Waals surface area contributed by atoms with E-state index in [4.69, 9.17) is 9.47 Å². The highest BCUT2D eigenvalue weighted by atomic mass is 16.5. The zero-order valence-electron chi connectivity index (χ0n) is 23.4. The molecule has 10 nitrogen and oxygen atoms in total. The minimum Gasteiger partial charge on any atom is -0.496 e. The summed E-state index contributed by atoms with van der Waals surface area (Å²) >= 11 is 0. The number of amides is 1. The topological polar surface area (TPSA) is 133 Å². The number of carbonyl (C=O) groups excluding carboxylic acids is 1. The van der Waals surface area contributed by atoms with Crippen LogP contribution in [-0.2, 0) is 16.1 Å². The lowest BCUT2D eigenvalue weighted by Gasteiger charge is -2.20. The highest BCUT2D eigenvalue weighted by Crippen LogP contribution is 2.32. The maximum Gasteiger partial charge on any atom is 0.411 e. The molecule has 0 bridgehead atoms. The van der Waals surface area contributed by atoms with E-state index in [9.17, 15) is 19.5 Å². The molecule has 11 heteroatoms. The Morgan fingerprint density at radius 1 is 1.07 bits per heavy atom. The monoisotopic (exact) mass is 556 g/mol. The minimum atomic E-state index is -1.10. The fourth-order valence-corrected chi connectivity index (χ4v) is 4.60. The second kappa shape index (κ2) is 13.1. The van der Waals surface area contributed by atoms with Crippen molar-refractivity contribution in [3.05, 3.63) is 100.0 Å². The van der Waals surface area contributed by atoms with E-state index in [0.29, 0.717) is 28.1 Å². The second-order valence-corrected chi connectivity index (χ2v) is 10.1. The van der Waals surface area contributed by atoms with Gasteiger partial charge in [-0.15, -0.1) is 0 Å². The van der Waals surface area contributed by atoms with Gasteiger partial charge >= 0.3 is 12.1 Å². The van der Waals surface area contributed by atoms with Crippen LogP contribution in [0.4, 0.5) is 16.2 Å². The van der Waals surface area contributed by atoms with Crippen molar-refractivity contribution in [1.29, 1.82) is 0 Å². The lowest BCUT2D eigenvalue weighted by molar-refractivity contribution is -0.138. The molecule has 0 saturated heterocycles. The van der Waals surface area contributed by atoms with Gasteiger partial charge in [-0.2, -0.15) is 0 Å². The van der Waals surface area contributed by atoms with Gasteiger partial charge in [-0.25, -0.2) is 9.59 Å². The molecule has 1 unspecified atom stereocenters. The van der Waals surface area contributed by atoms with E-state index in [1.54, 1.807) is 54.7 Å². The molecule has 0 saturated carbocycles. The standard InChI is InChI=1S/C30H33BN4O6/c1-18(17-41-30(39)34-22-6-4-5-19(13-22)16-35(2)31)24-10-8-21(14-26(24)40-3)27(29(37)38)33-23-9-7-20-11-12-32-28(36)25(20)15-23/h4-15,18,27,33H,16-17,31H2,1-3H3,(H,32,36)(H,34,39)(H,37,38)/t18-,27?/m0/s1. The number of hydrogen-bond acceptors (Lipinski definition) is 7. The van der Waals surface area contributed by atoms with E-state index >= 15 is 0 Å². The van der Waals surface area contributed by atoms with Crippen molar-refractivity contribution < 1.29 is 24.2 Å². The molecule has 1 amide bonds. The first-order chi connectivity index (χ1) is 19.6. The SMILES string of the molecule is BN(C)Cc1cccc(NC(=O)OC[C@H](C)c2ccc(C(Nc3ccc4cc[nH]c(=O)c4c3)C(=O)O)cc2OC)c1. The molecule has 4 aromatic rings. The Bertz CT molecular complexity index is 1610. The number of anilines is 2. The Hall–Kier alpha value is -4.77. The number of benzene rings is 3. The number of H-pyrrole nitrogens is 1. The highest BCUT2D eigenvalue weighted by Gasteiger charge is 2.23. The number of fused-ring (bicyclic) bond motifs is 1. The fourth-order valence-electron chi connectivity index (χ4n) is 4.60. The molecule has 2 atom stereocenters. The predicted octanol–water partition coefficient (Wildman–Crippen LogP) is 4.11. The lowest BCUT2D eigenvalue weighted by Crippen LogP contribution is -2.21. The summed E-state index contributed by atoms with van der Waals surface area (Å²) in [6, 6.07) is 18.5. The molecule has 3 aromatic carbocycles. The van der Waals surface area contributed by atoms with E-state index in [0.717, 1.165) is 23.1 Å². The molecular weight excluding hydrogens is 523 g/mol. The number of hydrogen-bond donors (Lipinski definition) is 4. The van der Waals surface area contributed by atoms with Gasteiger partial charge in [-0.1, -0.05) is 37.3 Å². The quantitative estimate of drug-likeness (QED) is 0.203. The zero-order valence-corrected chi connectivity index (χ0v) is 23.4. The van der Waals surface area contributed by atoms with Crippen molar-refractivity contribution in [2.24, 2.45) is 0 Å². The molecule has 4 rings (SSSR count). The predicted molar refractivity (Wildman–Crippen MR) is 161 cm³/mol. The van der Waals surface area contributed by atoms with E-state index in [1.165, 1.54) is 7.11 Å². The average Bonchev–Trinajstić information content (AvgIpc) is 2.94. The van der Waals surface area contributed by atoms with E-state index in [1.807, 2.05) is 45.0 Å². The smallest absolute Gasteiger partial charge is 0.411 e. The molecule has 0 aliphatic carbocycles. The number of carbonyl (C=O) groups is 2. The van der Waals surface area contributed by atoms with Crippen LogP contribution in [0.5, 0.6) is 5.75 Å². The number of carboxylic acids is 1. The summed E-state index contributed by atoms with van der Waals surface area (Å²) in [6.45, 7) is 2.73. The Morgan fingerprint density at radius 2 is 1.88 bits per heavy atom. The van der Waals surface area contributed by atoms with Crippen LogP contribution < -0.4 is 20.9 Å². The Kier molecular flexibility index (Phi) is 9.31. The zero-order chi connectivity index (χ0) is 29.5. The summed E-state index contributed by atoms with van der Waals surface area (Å²) in [6.07, 6.45) is 0.994. The summed E-state index contributed by atoms with van der Waals surface area (Å²) in [7, 11) is 5.45. The van der Waals surface area contributed by atoms with Crippen molar-refractivity contribution in [3.8, 4) is 5.75 Å². The van der Waals surface area contributed by atoms with Crippen LogP contribution in [0.2, 0.25) is 0 Å². The highest BCUT2D eigenvalue weighted by molar-refractivity contribution is 6.04. The molecule has 1 heterocycles. The first-order valence-electron chi connectivity index (χ1n) is 13.1. The average molecular weight is 556 g/mol. The summed E-state index contributed by atoms with van der Waals surface area (Å²) in [5.41, 5.74) is 3.17. The van der Waals surface area contributed by atoms with Gasteiger partial charge < -0.3 is 29.7 Å². The Balaban J connectivity index is 1.44. The molecule has 1 aromatic heterocycles. The summed E-state index contributed by atoms with van der Waals surface area (Å²) < 4.78 is 11.1. The van der Waals surface area contributed by atoms with Gasteiger partial charge in [0.15, 0.2) is 14.0 Å². The number of methoxy groups -OCH3 is 1. The van der Waals surface area contributed by atoms with Crippen LogP contribution in [0.25, 0.3) is 10.8 Å². The van der Waals surface area contributed by atoms with Crippen molar-refractivity contribution in [2.45, 2.75) is 25.4 Å². The van der Waals surface area contributed by atoms with Crippen LogP contribution in [-0.4, -0.2) is 55.7 Å². The number of ether oxygens (including phenoxy) is 2. The first-order valence-corrected chi connectivity index (χ1v) is 13.1. The van der Waals surface area contributed by atoms with Crippen molar-refractivity contribution >= 4 is 42.2 Å². The molecule has 0 fully saturated rings. The van der Waals surface area contributed by atoms with Crippen LogP contribution in [0.15, 0.2) is 77.7 Å². The van der Waals surface area contributed by atoms with Crippen molar-refractivity contribution in [1.82, 2.24) is 9.79 Å². The van der Waals surface area contributed by atoms with Gasteiger partial charge in [0.2, 0.25) is 0 Å². The molecule has 41 heavy (non-hydrogen) atoms. The van der Waals surface area contributed by atoms with E-state index in [-0.39, 0.29) is 18.1 Å². The largest absolute Gasteiger partial charge is 0.496 e. The number of carboxylic acid groups (broad SMARTS) is 1. The number of aromatic amines is 1. The maximum atomic E-state index is 12.5. The number of rotatable bonds is 11. The van der Waals surface area contributed by atoms with Gasteiger partial charge in [-0.05, 0) is 60.0 Å². The number of nitrogens with one attached hydrogen (secondary N) is 3. The summed E-state index contributed by atoms with van der Waals surface area (Å²) in [4.78, 5) is 41.5.